The first-order valence-corrected chi connectivity index (χ1v) is 9.69. The Morgan fingerprint density at radius 3 is 2.64 bits per heavy atom. The van der Waals surface area contributed by atoms with E-state index in [1.807, 2.05) is 0 Å². The summed E-state index contributed by atoms with van der Waals surface area (Å²) in [6.07, 6.45) is 4.02. The van der Waals surface area contributed by atoms with Gasteiger partial charge in [0.25, 0.3) is 0 Å². The maximum atomic E-state index is 9.96. The van der Waals surface area contributed by atoms with Crippen molar-refractivity contribution in [1.29, 1.82) is 10.9 Å². The summed E-state index contributed by atoms with van der Waals surface area (Å²) in [6.45, 7) is 7.67. The summed E-state index contributed by atoms with van der Waals surface area (Å²) in [5, 5.41) is 28.6. The van der Waals surface area contributed by atoms with Gasteiger partial charge in [0.15, 0.2) is 5.65 Å². The normalized spacial score (nSPS) is 20.0. The molecule has 0 radical (unpaired) electrons. The molecule has 1 atom stereocenters. The van der Waals surface area contributed by atoms with Crippen molar-refractivity contribution in [2.24, 2.45) is 5.22 Å². The van der Waals surface area contributed by atoms with Crippen molar-refractivity contribution in [3.05, 3.63) is 12.0 Å². The summed E-state index contributed by atoms with van der Waals surface area (Å²) in [5.74, 6) is 1.72. The van der Waals surface area contributed by atoms with E-state index in [1.54, 1.807) is 10.9 Å². The Labute approximate surface area is 163 Å². The van der Waals surface area contributed by atoms with Crippen LogP contribution in [0, 0.1) is 10.9 Å². The summed E-state index contributed by atoms with van der Waals surface area (Å²) in [5.41, 5.74) is 7.78. The third kappa shape index (κ3) is 3.44. The first-order chi connectivity index (χ1) is 13.3. The zero-order valence-electron chi connectivity index (χ0n) is 16.6. The lowest BCUT2D eigenvalue weighted by atomic mass is 9.95. The number of aromatic nitrogens is 4. The first kappa shape index (κ1) is 18.7. The van der Waals surface area contributed by atoms with E-state index in [0.29, 0.717) is 18.0 Å². The van der Waals surface area contributed by atoms with Gasteiger partial charge >= 0.3 is 0 Å². The average Bonchev–Trinajstić information content (AvgIpc) is 3.24. The van der Waals surface area contributed by atoms with E-state index in [-0.39, 0.29) is 29.9 Å². The number of hydrogen-bond acceptors (Lipinski definition) is 8. The van der Waals surface area contributed by atoms with Crippen molar-refractivity contribution in [2.45, 2.75) is 64.1 Å². The zero-order chi connectivity index (χ0) is 20.1. The van der Waals surface area contributed by atoms with Gasteiger partial charge in [0.05, 0.1) is 23.7 Å². The Morgan fingerprint density at radius 1 is 1.32 bits per heavy atom. The molecule has 1 aliphatic heterocycles. The van der Waals surface area contributed by atoms with Crippen molar-refractivity contribution >= 4 is 22.7 Å². The molecule has 1 saturated heterocycles. The van der Waals surface area contributed by atoms with Gasteiger partial charge in [-0.25, -0.2) is 19.7 Å². The van der Waals surface area contributed by atoms with Crippen molar-refractivity contribution in [3.63, 3.8) is 0 Å². The van der Waals surface area contributed by atoms with Gasteiger partial charge < -0.3 is 10.0 Å². The third-order valence-electron chi connectivity index (χ3n) is 5.19. The number of fused-ring (bicyclic) bond motifs is 1. The molecule has 2 aromatic heterocycles. The third-order valence-corrected chi connectivity index (χ3v) is 5.19. The molecule has 150 valence electrons. The topological polar surface area (TPSA) is 130 Å². The van der Waals surface area contributed by atoms with E-state index < -0.39 is 0 Å². The molecule has 2 fully saturated rings. The highest BCUT2D eigenvalue weighted by Gasteiger charge is 2.32. The lowest BCUT2D eigenvalue weighted by Crippen LogP contribution is -2.31. The van der Waals surface area contributed by atoms with E-state index in [2.05, 4.69) is 36.0 Å². The summed E-state index contributed by atoms with van der Waals surface area (Å²) >= 11 is 0. The minimum atomic E-state index is -0.350. The molecule has 10 nitrogen and oxygen atoms in total. The molecule has 2 aromatic rings. The fourth-order valence-corrected chi connectivity index (χ4v) is 3.46. The lowest BCUT2D eigenvalue weighted by Gasteiger charge is -2.22. The van der Waals surface area contributed by atoms with Crippen LogP contribution in [0.15, 0.2) is 11.4 Å². The van der Waals surface area contributed by atoms with Gasteiger partial charge in [-0.05, 0) is 19.3 Å². The Hall–Kier alpha value is -2.62. The predicted octanol–water partition coefficient (Wildman–Crippen LogP) is 2.08. The molecule has 28 heavy (non-hydrogen) atoms. The molecule has 1 saturated carbocycles. The Balaban J connectivity index is 1.74. The number of aliphatic hydroxyl groups excluding tert-OH is 1. The highest BCUT2D eigenvalue weighted by Crippen LogP contribution is 2.31. The number of nitrogens with zero attached hydrogens (tertiary/aromatic N) is 7. The van der Waals surface area contributed by atoms with Crippen LogP contribution in [-0.4, -0.2) is 60.9 Å². The average molecular weight is 385 g/mol. The van der Waals surface area contributed by atoms with Gasteiger partial charge in [0, 0.05) is 18.5 Å². The van der Waals surface area contributed by atoms with E-state index in [1.165, 1.54) is 5.01 Å². The highest BCUT2D eigenvalue weighted by molar-refractivity contribution is 5.88. The SMILES string of the molecule is CC(C)(C)c1nc(N2CC[C@H](O)C2)c2cnn(CC(=N)N(N=N)C3CC3)c2n1. The fraction of sp³-hybridized carbons (Fsp3) is 0.667. The second-order valence-corrected chi connectivity index (χ2v) is 8.67. The molecule has 0 unspecified atom stereocenters. The summed E-state index contributed by atoms with van der Waals surface area (Å²) in [6, 6.07) is 0.160. The van der Waals surface area contributed by atoms with E-state index in [4.69, 9.17) is 20.9 Å². The fourth-order valence-electron chi connectivity index (χ4n) is 3.46. The zero-order valence-corrected chi connectivity index (χ0v) is 16.6. The van der Waals surface area contributed by atoms with Crippen LogP contribution in [0.5, 0.6) is 0 Å². The monoisotopic (exact) mass is 385 g/mol. The maximum absolute atomic E-state index is 9.96. The van der Waals surface area contributed by atoms with Gasteiger partial charge in [-0.2, -0.15) is 10.6 Å². The van der Waals surface area contributed by atoms with Gasteiger partial charge in [0.2, 0.25) is 0 Å². The molecular weight excluding hydrogens is 358 g/mol. The number of amidine groups is 1. The smallest absolute Gasteiger partial charge is 0.164 e. The highest BCUT2D eigenvalue weighted by atomic mass is 16.3. The maximum Gasteiger partial charge on any atom is 0.164 e. The van der Waals surface area contributed by atoms with Gasteiger partial charge in [-0.1, -0.05) is 26.0 Å². The van der Waals surface area contributed by atoms with Gasteiger partial charge in [-0.3, -0.25) is 5.41 Å². The van der Waals surface area contributed by atoms with Crippen LogP contribution in [0.2, 0.25) is 0 Å². The first-order valence-electron chi connectivity index (χ1n) is 9.69. The summed E-state index contributed by atoms with van der Waals surface area (Å²) < 4.78 is 1.69. The minimum absolute atomic E-state index is 0.160. The standard InChI is InChI=1S/C18H27N9O/c1-18(2,3)17-22-15(25-7-6-12(28)9-25)13-8-21-26(16(13)23-17)10-14(19)27(24-20)11-4-5-11/h8,11-12,19-20,28H,4-7,9-10H2,1-3H3/t12-/m0/s1. The molecule has 3 N–H and O–H groups in total. The quantitative estimate of drug-likeness (QED) is 0.313. The number of anilines is 1. The number of hydrogen-bond donors (Lipinski definition) is 3. The van der Waals surface area contributed by atoms with Crippen LogP contribution in [0.25, 0.3) is 11.0 Å². The number of nitrogens with one attached hydrogen (secondary N) is 2. The van der Waals surface area contributed by atoms with E-state index >= 15 is 0 Å². The molecule has 3 heterocycles. The van der Waals surface area contributed by atoms with Gasteiger partial charge in [0.1, 0.15) is 24.0 Å². The summed E-state index contributed by atoms with van der Waals surface area (Å²) in [4.78, 5) is 11.7. The van der Waals surface area contributed by atoms with Crippen LogP contribution < -0.4 is 4.90 Å². The van der Waals surface area contributed by atoms with E-state index in [0.717, 1.165) is 37.0 Å². The lowest BCUT2D eigenvalue weighted by molar-refractivity contribution is 0.198. The Kier molecular flexibility index (Phi) is 4.53. The van der Waals surface area contributed by atoms with Crippen LogP contribution in [0.3, 0.4) is 0 Å². The molecule has 0 amide bonds. The molecule has 0 aromatic carbocycles. The molecule has 0 spiro atoms. The van der Waals surface area contributed by atoms with Crippen LogP contribution in [0.1, 0.15) is 45.9 Å². The molecule has 4 rings (SSSR count). The minimum Gasteiger partial charge on any atom is -0.391 e. The van der Waals surface area contributed by atoms with Crippen LogP contribution in [-0.2, 0) is 12.0 Å². The Morgan fingerprint density at radius 2 is 2.07 bits per heavy atom. The van der Waals surface area contributed by atoms with Crippen LogP contribution >= 0.6 is 0 Å². The molecule has 10 heteroatoms. The second kappa shape index (κ2) is 6.77. The molecular formula is C18H27N9O. The Bertz CT molecular complexity index is 912. The number of rotatable bonds is 5. The van der Waals surface area contributed by atoms with Crippen molar-refractivity contribution < 1.29 is 5.11 Å². The number of β-amino-alcohol motifs (C(OH)–C–C–N with tert-alkyl or cyclic N) is 1. The largest absolute Gasteiger partial charge is 0.391 e. The molecule has 0 bridgehead atoms. The van der Waals surface area contributed by atoms with E-state index in [9.17, 15) is 5.11 Å². The van der Waals surface area contributed by atoms with Crippen molar-refractivity contribution in [3.8, 4) is 0 Å². The molecule has 2 aliphatic rings. The summed E-state index contributed by atoms with van der Waals surface area (Å²) in [7, 11) is 0. The van der Waals surface area contributed by atoms with Gasteiger partial charge in [-0.15, -0.1) is 0 Å². The van der Waals surface area contributed by atoms with Crippen LogP contribution in [0.4, 0.5) is 5.82 Å². The predicted molar refractivity (Wildman–Crippen MR) is 105 cm³/mol. The molecule has 1 aliphatic carbocycles. The number of aliphatic hydroxyl groups is 1. The second-order valence-electron chi connectivity index (χ2n) is 8.67. The van der Waals surface area contributed by atoms with Crippen molar-refractivity contribution in [1.82, 2.24) is 24.8 Å². The van der Waals surface area contributed by atoms with Crippen molar-refractivity contribution in [2.75, 3.05) is 18.0 Å².